The van der Waals surface area contributed by atoms with Gasteiger partial charge in [0.1, 0.15) is 0 Å². The van der Waals surface area contributed by atoms with E-state index in [0.29, 0.717) is 12.3 Å². The molecule has 0 aliphatic heterocycles. The van der Waals surface area contributed by atoms with Gasteiger partial charge in [0.2, 0.25) is 0 Å². The molecule has 1 rings (SSSR count). The van der Waals surface area contributed by atoms with Crippen molar-refractivity contribution >= 4 is 17.7 Å². The van der Waals surface area contributed by atoms with E-state index in [4.69, 9.17) is 10.5 Å². The fourth-order valence-corrected chi connectivity index (χ4v) is 0.922. The molecule has 4 nitrogen and oxygen atoms in total. The largest absolute Gasteiger partial charge is 0.463 e. The van der Waals surface area contributed by atoms with Gasteiger partial charge in [-0.3, -0.25) is 4.98 Å². The summed E-state index contributed by atoms with van der Waals surface area (Å²) in [5.41, 5.74) is 6.85. The molecule has 0 atom stereocenters. The first-order valence-corrected chi connectivity index (χ1v) is 4.27. The summed E-state index contributed by atoms with van der Waals surface area (Å²) >= 11 is 0. The van der Waals surface area contributed by atoms with Gasteiger partial charge >= 0.3 is 5.97 Å². The number of nitrogens with zero attached hydrogens (tertiary/aromatic N) is 1. The summed E-state index contributed by atoms with van der Waals surface area (Å²) in [5.74, 6) is -0.366. The number of aromatic nitrogens is 1. The van der Waals surface area contributed by atoms with Crippen molar-refractivity contribution < 1.29 is 9.53 Å². The standard InChI is InChI=1S/C10H12N2O2/c1-2-14-10(13)4-3-8-5-9(11)7-12-6-8/h3-7H,2,11H2,1H3. The zero-order valence-corrected chi connectivity index (χ0v) is 7.93. The third-order valence-electron chi connectivity index (χ3n) is 1.48. The number of nitrogen functional groups attached to an aromatic ring is 1. The summed E-state index contributed by atoms with van der Waals surface area (Å²) in [6.45, 7) is 2.13. The number of pyridine rings is 1. The lowest BCUT2D eigenvalue weighted by Crippen LogP contribution is -1.98. The quantitative estimate of drug-likeness (QED) is 0.578. The molecule has 0 saturated carbocycles. The SMILES string of the molecule is CCOC(=O)C=Cc1cncc(N)c1. The number of rotatable bonds is 3. The van der Waals surface area contributed by atoms with Crippen LogP contribution in [0.1, 0.15) is 12.5 Å². The Bertz CT molecular complexity index is 348. The normalized spacial score (nSPS) is 10.4. The van der Waals surface area contributed by atoms with Crippen molar-refractivity contribution in [3.8, 4) is 0 Å². The molecule has 0 aliphatic carbocycles. The average Bonchev–Trinajstić information content (AvgIpc) is 2.15. The van der Waals surface area contributed by atoms with Crippen molar-refractivity contribution in [2.45, 2.75) is 6.92 Å². The van der Waals surface area contributed by atoms with Crippen LogP contribution in [0.3, 0.4) is 0 Å². The highest BCUT2D eigenvalue weighted by Crippen LogP contribution is 2.05. The van der Waals surface area contributed by atoms with Crippen LogP contribution in [0.4, 0.5) is 5.69 Å². The van der Waals surface area contributed by atoms with Gasteiger partial charge in [0, 0.05) is 18.5 Å². The van der Waals surface area contributed by atoms with Crippen LogP contribution >= 0.6 is 0 Å². The maximum atomic E-state index is 10.9. The van der Waals surface area contributed by atoms with Gasteiger partial charge in [0.05, 0.1) is 12.3 Å². The van der Waals surface area contributed by atoms with Gasteiger partial charge in [-0.05, 0) is 24.6 Å². The lowest BCUT2D eigenvalue weighted by Gasteiger charge is -1.96. The second-order valence-corrected chi connectivity index (χ2v) is 2.64. The molecule has 4 heteroatoms. The van der Waals surface area contributed by atoms with Crippen LogP contribution in [0.25, 0.3) is 6.08 Å². The molecule has 0 unspecified atom stereocenters. The molecular formula is C10H12N2O2. The minimum atomic E-state index is -0.366. The smallest absolute Gasteiger partial charge is 0.330 e. The number of carbonyl (C=O) groups is 1. The number of carbonyl (C=O) groups excluding carboxylic acids is 1. The zero-order valence-electron chi connectivity index (χ0n) is 7.93. The first kappa shape index (κ1) is 10.2. The molecule has 74 valence electrons. The minimum absolute atomic E-state index is 0.366. The van der Waals surface area contributed by atoms with Crippen LogP contribution in [0.5, 0.6) is 0 Å². The Hall–Kier alpha value is -1.84. The predicted molar refractivity (Wildman–Crippen MR) is 54.3 cm³/mol. The summed E-state index contributed by atoms with van der Waals surface area (Å²) in [4.78, 5) is 14.8. The Morgan fingerprint density at radius 1 is 1.64 bits per heavy atom. The van der Waals surface area contributed by atoms with Gasteiger partial charge in [0.15, 0.2) is 0 Å². The van der Waals surface area contributed by atoms with Gasteiger partial charge in [-0.1, -0.05) is 0 Å². The second-order valence-electron chi connectivity index (χ2n) is 2.64. The molecular weight excluding hydrogens is 180 g/mol. The lowest BCUT2D eigenvalue weighted by atomic mass is 10.2. The van der Waals surface area contributed by atoms with Gasteiger partial charge in [-0.2, -0.15) is 0 Å². The Balaban J connectivity index is 2.64. The number of anilines is 1. The van der Waals surface area contributed by atoms with E-state index >= 15 is 0 Å². The summed E-state index contributed by atoms with van der Waals surface area (Å²) in [6, 6.07) is 1.72. The molecule has 0 spiro atoms. The Labute approximate surface area is 82.4 Å². The molecule has 1 aromatic rings. The number of hydrogen-bond donors (Lipinski definition) is 1. The van der Waals surface area contributed by atoms with E-state index in [-0.39, 0.29) is 5.97 Å². The van der Waals surface area contributed by atoms with Crippen molar-refractivity contribution in [2.75, 3.05) is 12.3 Å². The van der Waals surface area contributed by atoms with Gasteiger partial charge in [-0.15, -0.1) is 0 Å². The number of nitrogens with two attached hydrogens (primary N) is 1. The molecule has 0 aliphatic rings. The van der Waals surface area contributed by atoms with Gasteiger partial charge in [0.25, 0.3) is 0 Å². The average molecular weight is 192 g/mol. The molecule has 0 amide bonds. The Morgan fingerprint density at radius 3 is 3.07 bits per heavy atom. The van der Waals surface area contributed by atoms with Crippen LogP contribution in [0.2, 0.25) is 0 Å². The minimum Gasteiger partial charge on any atom is -0.463 e. The third kappa shape index (κ3) is 3.26. The molecule has 14 heavy (non-hydrogen) atoms. The number of esters is 1. The van der Waals surface area contributed by atoms with Crippen LogP contribution in [-0.2, 0) is 9.53 Å². The van der Waals surface area contributed by atoms with Gasteiger partial charge in [-0.25, -0.2) is 4.79 Å². The van der Waals surface area contributed by atoms with E-state index in [1.807, 2.05) is 0 Å². The van der Waals surface area contributed by atoms with E-state index < -0.39 is 0 Å². The van der Waals surface area contributed by atoms with Crippen LogP contribution in [-0.4, -0.2) is 17.6 Å². The number of ether oxygens (including phenoxy) is 1. The number of hydrogen-bond acceptors (Lipinski definition) is 4. The summed E-state index contributed by atoms with van der Waals surface area (Å²) in [6.07, 6.45) is 6.12. The van der Waals surface area contributed by atoms with E-state index in [1.165, 1.54) is 6.08 Å². The molecule has 0 aromatic carbocycles. The van der Waals surface area contributed by atoms with E-state index in [9.17, 15) is 4.79 Å². The lowest BCUT2D eigenvalue weighted by molar-refractivity contribution is -0.137. The summed E-state index contributed by atoms with van der Waals surface area (Å²) in [5, 5.41) is 0. The van der Waals surface area contributed by atoms with E-state index in [0.717, 1.165) is 5.56 Å². The summed E-state index contributed by atoms with van der Waals surface area (Å²) in [7, 11) is 0. The topological polar surface area (TPSA) is 65.2 Å². The van der Waals surface area contributed by atoms with Crippen LogP contribution < -0.4 is 5.73 Å². The fraction of sp³-hybridized carbons (Fsp3) is 0.200. The highest BCUT2D eigenvalue weighted by molar-refractivity contribution is 5.87. The van der Waals surface area contributed by atoms with Gasteiger partial charge < -0.3 is 10.5 Å². The first-order valence-electron chi connectivity index (χ1n) is 4.27. The van der Waals surface area contributed by atoms with Crippen LogP contribution in [0.15, 0.2) is 24.5 Å². The molecule has 2 N–H and O–H groups in total. The summed E-state index contributed by atoms with van der Waals surface area (Å²) < 4.78 is 4.72. The highest BCUT2D eigenvalue weighted by atomic mass is 16.5. The van der Waals surface area contributed by atoms with Crippen molar-refractivity contribution in [1.29, 1.82) is 0 Å². The first-order chi connectivity index (χ1) is 6.72. The molecule has 0 fully saturated rings. The third-order valence-corrected chi connectivity index (χ3v) is 1.48. The highest BCUT2D eigenvalue weighted by Gasteiger charge is 1.94. The molecule has 0 bridgehead atoms. The molecule has 0 saturated heterocycles. The zero-order chi connectivity index (χ0) is 10.4. The molecule has 1 heterocycles. The monoisotopic (exact) mass is 192 g/mol. The maximum Gasteiger partial charge on any atom is 0.330 e. The Morgan fingerprint density at radius 2 is 2.43 bits per heavy atom. The van der Waals surface area contributed by atoms with Crippen molar-refractivity contribution in [3.63, 3.8) is 0 Å². The van der Waals surface area contributed by atoms with Crippen molar-refractivity contribution in [3.05, 3.63) is 30.1 Å². The molecule has 0 radical (unpaired) electrons. The maximum absolute atomic E-state index is 10.9. The fourth-order valence-electron chi connectivity index (χ4n) is 0.922. The van der Waals surface area contributed by atoms with E-state index in [1.54, 1.807) is 31.5 Å². The van der Waals surface area contributed by atoms with E-state index in [2.05, 4.69) is 4.98 Å². The Kier molecular flexibility index (Phi) is 3.67. The van der Waals surface area contributed by atoms with Crippen LogP contribution in [0, 0.1) is 0 Å². The molecule has 1 aromatic heterocycles. The predicted octanol–water partition coefficient (Wildman–Crippen LogP) is 1.24. The second kappa shape index (κ2) is 5.01. The van der Waals surface area contributed by atoms with Crippen molar-refractivity contribution in [2.24, 2.45) is 0 Å². The van der Waals surface area contributed by atoms with Crippen molar-refractivity contribution in [1.82, 2.24) is 4.98 Å².